The minimum absolute atomic E-state index is 0.594. The Morgan fingerprint density at radius 3 is 2.89 bits per heavy atom. The average Bonchev–Trinajstić information content (AvgIpc) is 3.27. The molecular weight excluding hydrogens is 238 g/mol. The lowest BCUT2D eigenvalue weighted by molar-refractivity contribution is 0.321. The summed E-state index contributed by atoms with van der Waals surface area (Å²) in [5.74, 6) is 0.639. The molecule has 4 heteroatoms. The van der Waals surface area contributed by atoms with Crippen LogP contribution in [-0.4, -0.2) is 38.2 Å². The van der Waals surface area contributed by atoms with Gasteiger partial charge in [0.15, 0.2) is 0 Å². The number of ether oxygens (including phenoxy) is 1. The van der Waals surface area contributed by atoms with E-state index in [0.29, 0.717) is 11.3 Å². The summed E-state index contributed by atoms with van der Waals surface area (Å²) >= 11 is 0. The standard InChI is InChI=1S/C15H21N3O/c1-18(14-4-5-14)8-7-17-11-12-3-6-15(19-2)13(9-12)10-16/h3,6,9,14,17H,4-5,7-8,11H2,1-2H3. The highest BCUT2D eigenvalue weighted by Gasteiger charge is 2.25. The molecule has 1 aliphatic rings. The average molecular weight is 259 g/mol. The molecular formula is C15H21N3O. The van der Waals surface area contributed by atoms with Gasteiger partial charge in [0, 0.05) is 25.7 Å². The first-order chi connectivity index (χ1) is 9.24. The van der Waals surface area contributed by atoms with Crippen LogP contribution in [0.25, 0.3) is 0 Å². The van der Waals surface area contributed by atoms with Gasteiger partial charge in [-0.25, -0.2) is 0 Å². The summed E-state index contributed by atoms with van der Waals surface area (Å²) in [6, 6.07) is 8.71. The zero-order chi connectivity index (χ0) is 13.7. The fourth-order valence-corrected chi connectivity index (χ4v) is 2.14. The van der Waals surface area contributed by atoms with E-state index in [1.54, 1.807) is 7.11 Å². The minimum atomic E-state index is 0.594. The quantitative estimate of drug-likeness (QED) is 0.758. The Hall–Kier alpha value is -1.57. The first-order valence-corrected chi connectivity index (χ1v) is 6.72. The van der Waals surface area contributed by atoms with Crippen LogP contribution in [0.1, 0.15) is 24.0 Å². The van der Waals surface area contributed by atoms with Gasteiger partial charge in [0.1, 0.15) is 11.8 Å². The van der Waals surface area contributed by atoms with Crippen LogP contribution >= 0.6 is 0 Å². The fraction of sp³-hybridized carbons (Fsp3) is 0.533. The molecule has 0 amide bonds. The molecule has 0 aromatic heterocycles. The summed E-state index contributed by atoms with van der Waals surface area (Å²) in [5, 5.41) is 12.4. The van der Waals surface area contributed by atoms with Crippen molar-refractivity contribution in [3.05, 3.63) is 29.3 Å². The molecule has 102 valence electrons. The summed E-state index contributed by atoms with van der Waals surface area (Å²) in [7, 11) is 3.77. The largest absolute Gasteiger partial charge is 0.495 e. The van der Waals surface area contributed by atoms with E-state index in [-0.39, 0.29) is 0 Å². The maximum atomic E-state index is 9.03. The van der Waals surface area contributed by atoms with Crippen LogP contribution in [-0.2, 0) is 6.54 Å². The summed E-state index contributed by atoms with van der Waals surface area (Å²) in [4.78, 5) is 2.40. The number of likely N-dealkylation sites (N-methyl/N-ethyl adjacent to an activating group) is 1. The van der Waals surface area contributed by atoms with Crippen molar-refractivity contribution >= 4 is 0 Å². The number of methoxy groups -OCH3 is 1. The van der Waals surface area contributed by atoms with Crippen molar-refractivity contribution in [3.8, 4) is 11.8 Å². The minimum Gasteiger partial charge on any atom is -0.495 e. The third-order valence-electron chi connectivity index (χ3n) is 3.52. The molecule has 2 rings (SSSR count). The third kappa shape index (κ3) is 3.95. The number of hydrogen-bond acceptors (Lipinski definition) is 4. The zero-order valence-corrected chi connectivity index (χ0v) is 11.6. The van der Waals surface area contributed by atoms with Crippen molar-refractivity contribution in [2.24, 2.45) is 0 Å². The summed E-state index contributed by atoms with van der Waals surface area (Å²) < 4.78 is 5.13. The molecule has 1 saturated carbocycles. The van der Waals surface area contributed by atoms with E-state index < -0.39 is 0 Å². The first kappa shape index (κ1) is 13.9. The molecule has 0 bridgehead atoms. The van der Waals surface area contributed by atoms with Gasteiger partial charge < -0.3 is 15.0 Å². The summed E-state index contributed by atoms with van der Waals surface area (Å²) in [6.07, 6.45) is 2.70. The van der Waals surface area contributed by atoms with Crippen molar-refractivity contribution in [1.82, 2.24) is 10.2 Å². The second-order valence-electron chi connectivity index (χ2n) is 5.03. The zero-order valence-electron chi connectivity index (χ0n) is 11.6. The van der Waals surface area contributed by atoms with Crippen molar-refractivity contribution in [2.45, 2.75) is 25.4 Å². The maximum absolute atomic E-state index is 9.03. The SMILES string of the molecule is COc1ccc(CNCCN(C)C2CC2)cc1C#N. The number of rotatable bonds is 7. The predicted octanol–water partition coefficient (Wildman–Crippen LogP) is 1.75. The second kappa shape index (κ2) is 6.55. The highest BCUT2D eigenvalue weighted by molar-refractivity contribution is 5.45. The fourth-order valence-electron chi connectivity index (χ4n) is 2.14. The first-order valence-electron chi connectivity index (χ1n) is 6.72. The predicted molar refractivity (Wildman–Crippen MR) is 75.1 cm³/mol. The Morgan fingerprint density at radius 2 is 2.26 bits per heavy atom. The van der Waals surface area contributed by atoms with E-state index in [1.807, 2.05) is 18.2 Å². The monoisotopic (exact) mass is 259 g/mol. The molecule has 0 unspecified atom stereocenters. The van der Waals surface area contributed by atoms with Gasteiger partial charge in [-0.05, 0) is 37.6 Å². The van der Waals surface area contributed by atoms with E-state index >= 15 is 0 Å². The Labute approximate surface area is 115 Å². The maximum Gasteiger partial charge on any atom is 0.136 e. The number of nitrogens with zero attached hydrogens (tertiary/aromatic N) is 2. The molecule has 1 N–H and O–H groups in total. The Kier molecular flexibility index (Phi) is 4.78. The van der Waals surface area contributed by atoms with Crippen molar-refractivity contribution in [3.63, 3.8) is 0 Å². The van der Waals surface area contributed by atoms with Crippen LogP contribution in [0, 0.1) is 11.3 Å². The van der Waals surface area contributed by atoms with Crippen molar-refractivity contribution < 1.29 is 4.74 Å². The molecule has 0 aliphatic heterocycles. The number of benzene rings is 1. The third-order valence-corrected chi connectivity index (χ3v) is 3.52. The van der Waals surface area contributed by atoms with Crippen LogP contribution in [0.4, 0.5) is 0 Å². The molecule has 0 heterocycles. The van der Waals surface area contributed by atoms with Crippen LogP contribution in [0.15, 0.2) is 18.2 Å². The lowest BCUT2D eigenvalue weighted by atomic mass is 10.1. The topological polar surface area (TPSA) is 48.3 Å². The molecule has 0 atom stereocenters. The number of nitrogens with one attached hydrogen (secondary N) is 1. The van der Waals surface area contributed by atoms with Gasteiger partial charge in [-0.3, -0.25) is 0 Å². The Bertz CT molecular complexity index is 463. The van der Waals surface area contributed by atoms with Gasteiger partial charge >= 0.3 is 0 Å². The smallest absolute Gasteiger partial charge is 0.136 e. The lowest BCUT2D eigenvalue weighted by Crippen LogP contribution is -2.30. The lowest BCUT2D eigenvalue weighted by Gasteiger charge is -2.15. The number of nitriles is 1. The van der Waals surface area contributed by atoms with Crippen molar-refractivity contribution in [1.29, 1.82) is 5.26 Å². The van der Waals surface area contributed by atoms with E-state index in [2.05, 4.69) is 23.3 Å². The Morgan fingerprint density at radius 1 is 1.47 bits per heavy atom. The normalized spacial score (nSPS) is 14.4. The molecule has 1 fully saturated rings. The van der Waals surface area contributed by atoms with Gasteiger partial charge in [0.25, 0.3) is 0 Å². The van der Waals surface area contributed by atoms with E-state index in [9.17, 15) is 0 Å². The van der Waals surface area contributed by atoms with E-state index in [4.69, 9.17) is 10.00 Å². The van der Waals surface area contributed by atoms with Gasteiger partial charge in [-0.15, -0.1) is 0 Å². The van der Waals surface area contributed by atoms with E-state index in [1.165, 1.54) is 12.8 Å². The van der Waals surface area contributed by atoms with Crippen LogP contribution in [0.2, 0.25) is 0 Å². The highest BCUT2D eigenvalue weighted by atomic mass is 16.5. The van der Waals surface area contributed by atoms with Crippen molar-refractivity contribution in [2.75, 3.05) is 27.2 Å². The van der Waals surface area contributed by atoms with Crippen LogP contribution < -0.4 is 10.1 Å². The molecule has 0 radical (unpaired) electrons. The molecule has 4 nitrogen and oxygen atoms in total. The van der Waals surface area contributed by atoms with Gasteiger partial charge in [-0.2, -0.15) is 5.26 Å². The van der Waals surface area contributed by atoms with E-state index in [0.717, 1.165) is 31.2 Å². The second-order valence-corrected chi connectivity index (χ2v) is 5.03. The Balaban J connectivity index is 1.77. The van der Waals surface area contributed by atoms with Gasteiger partial charge in [0.05, 0.1) is 12.7 Å². The summed E-state index contributed by atoms with van der Waals surface area (Å²) in [6.45, 7) is 2.84. The molecule has 19 heavy (non-hydrogen) atoms. The number of hydrogen-bond donors (Lipinski definition) is 1. The molecule has 1 aliphatic carbocycles. The van der Waals surface area contributed by atoms with Crippen LogP contribution in [0.3, 0.4) is 0 Å². The van der Waals surface area contributed by atoms with Crippen LogP contribution in [0.5, 0.6) is 5.75 Å². The highest BCUT2D eigenvalue weighted by Crippen LogP contribution is 2.24. The van der Waals surface area contributed by atoms with Gasteiger partial charge in [-0.1, -0.05) is 6.07 Å². The molecule has 1 aromatic rings. The van der Waals surface area contributed by atoms with Gasteiger partial charge in [0.2, 0.25) is 0 Å². The molecule has 0 spiro atoms. The molecule has 1 aromatic carbocycles. The molecule has 0 saturated heterocycles. The summed E-state index contributed by atoms with van der Waals surface area (Å²) in [5.41, 5.74) is 1.71.